The molecule has 8 nitrogen and oxygen atoms in total. The van der Waals surface area contributed by atoms with Gasteiger partial charge in [-0.05, 0) is 42.5 Å². The molecular weight excluding hydrogens is 436 g/mol. The maximum atomic E-state index is 12.8. The van der Waals surface area contributed by atoms with Crippen LogP contribution in [0.25, 0.3) is 0 Å². The van der Waals surface area contributed by atoms with Crippen molar-refractivity contribution < 1.29 is 29.0 Å². The molecule has 2 aromatic rings. The van der Waals surface area contributed by atoms with Gasteiger partial charge in [0.15, 0.2) is 5.78 Å². The van der Waals surface area contributed by atoms with Crippen LogP contribution in [0.1, 0.15) is 64.4 Å². The van der Waals surface area contributed by atoms with E-state index in [0.29, 0.717) is 24.3 Å². The van der Waals surface area contributed by atoms with Crippen molar-refractivity contribution in [3.63, 3.8) is 0 Å². The number of carbonyl (C=O) groups excluding carboxylic acids is 3. The highest BCUT2D eigenvalue weighted by Gasteiger charge is 2.28. The number of hydrogen-bond donors (Lipinski definition) is 3. The summed E-state index contributed by atoms with van der Waals surface area (Å²) in [6.45, 7) is 4.22. The quantitative estimate of drug-likeness (QED) is 0.434. The Hall–Kier alpha value is -3.52. The minimum atomic E-state index is -1.03. The first-order chi connectivity index (χ1) is 16.2. The third kappa shape index (κ3) is 6.29. The number of carboxylic acids is 1. The van der Waals surface area contributed by atoms with Crippen molar-refractivity contribution in [3.8, 4) is 5.75 Å². The summed E-state index contributed by atoms with van der Waals surface area (Å²) in [5.41, 5.74) is 8.19. The van der Waals surface area contributed by atoms with Gasteiger partial charge in [-0.2, -0.15) is 0 Å². The molecule has 1 amide bonds. The van der Waals surface area contributed by atoms with Crippen molar-refractivity contribution in [2.45, 2.75) is 51.1 Å². The Morgan fingerprint density at radius 2 is 1.82 bits per heavy atom. The molecule has 1 aliphatic heterocycles. The van der Waals surface area contributed by atoms with E-state index >= 15 is 0 Å². The van der Waals surface area contributed by atoms with Crippen LogP contribution in [0, 0.1) is 5.92 Å². The van der Waals surface area contributed by atoms with Crippen LogP contribution in [0.15, 0.2) is 42.5 Å². The number of carboxylic acid groups (broad SMARTS) is 1. The molecule has 0 bridgehead atoms. The molecule has 179 valence electrons. The number of fused-ring (bicyclic) bond motifs is 1. The highest BCUT2D eigenvalue weighted by molar-refractivity contribution is 5.97. The Labute approximate surface area is 198 Å². The summed E-state index contributed by atoms with van der Waals surface area (Å²) in [5.74, 6) is -0.914. The van der Waals surface area contributed by atoms with E-state index in [1.54, 1.807) is 36.4 Å². The number of Topliss-reactive ketones (excluding diaryl/α,β-unsaturated/α-hetero) is 1. The molecule has 3 atom stereocenters. The first kappa shape index (κ1) is 25.1. The van der Waals surface area contributed by atoms with Crippen LogP contribution < -0.4 is 15.8 Å². The molecule has 1 unspecified atom stereocenters. The predicted molar refractivity (Wildman–Crippen MR) is 126 cm³/mol. The Kier molecular flexibility index (Phi) is 8.17. The SMILES string of the molecule is CC(C)C[C@@H]([C]=O)NC(=O)[C@@H](N)Cc1ccc(C(=O)CC2COc3ccc(C(=O)O)cc32)cc1. The summed E-state index contributed by atoms with van der Waals surface area (Å²) < 4.78 is 5.60. The average molecular weight is 466 g/mol. The normalized spacial score (nSPS) is 16.3. The van der Waals surface area contributed by atoms with Gasteiger partial charge in [-0.25, -0.2) is 4.79 Å². The molecule has 1 radical (unpaired) electrons. The van der Waals surface area contributed by atoms with E-state index in [-0.39, 0.29) is 36.0 Å². The molecule has 0 fully saturated rings. The van der Waals surface area contributed by atoms with Gasteiger partial charge in [-0.3, -0.25) is 14.4 Å². The summed E-state index contributed by atoms with van der Waals surface area (Å²) in [6, 6.07) is 10.0. The molecule has 1 aliphatic rings. The van der Waals surface area contributed by atoms with E-state index in [2.05, 4.69) is 5.32 Å². The van der Waals surface area contributed by atoms with Crippen molar-refractivity contribution in [1.29, 1.82) is 0 Å². The van der Waals surface area contributed by atoms with Crippen molar-refractivity contribution in [3.05, 3.63) is 64.7 Å². The molecule has 3 rings (SSSR count). The van der Waals surface area contributed by atoms with E-state index in [1.165, 1.54) is 6.07 Å². The number of nitrogens with one attached hydrogen (secondary N) is 1. The number of aromatic carboxylic acids is 1. The van der Waals surface area contributed by atoms with Crippen molar-refractivity contribution >= 4 is 23.9 Å². The lowest BCUT2D eigenvalue weighted by Gasteiger charge is -2.17. The van der Waals surface area contributed by atoms with Crippen molar-refractivity contribution in [1.82, 2.24) is 5.32 Å². The van der Waals surface area contributed by atoms with E-state index < -0.39 is 24.0 Å². The molecule has 0 spiro atoms. The highest BCUT2D eigenvalue weighted by atomic mass is 16.5. The standard InChI is InChI=1S/C26H29N2O6/c1-15(2)9-20(13-29)28-25(31)22(27)10-16-3-5-17(6-4-16)23(30)12-19-14-34-24-8-7-18(26(32)33)11-21(19)24/h3-8,11,15,19-20,22H,9-10,12,14,27H2,1-2H3,(H,28,31)(H,32,33)/t19?,20-,22-/m0/s1. The van der Waals surface area contributed by atoms with E-state index in [9.17, 15) is 24.3 Å². The van der Waals surface area contributed by atoms with Crippen LogP contribution in [0.5, 0.6) is 5.75 Å². The molecule has 8 heteroatoms. The molecule has 0 aliphatic carbocycles. The number of ether oxygens (including phenoxy) is 1. The molecule has 34 heavy (non-hydrogen) atoms. The van der Waals surface area contributed by atoms with Gasteiger partial charge in [-0.1, -0.05) is 38.1 Å². The van der Waals surface area contributed by atoms with Gasteiger partial charge in [0.05, 0.1) is 24.3 Å². The maximum Gasteiger partial charge on any atom is 0.335 e. The maximum absolute atomic E-state index is 12.8. The Morgan fingerprint density at radius 1 is 1.15 bits per heavy atom. The molecule has 0 saturated carbocycles. The molecule has 0 saturated heterocycles. The minimum Gasteiger partial charge on any atom is -0.493 e. The highest BCUT2D eigenvalue weighted by Crippen LogP contribution is 2.37. The summed E-state index contributed by atoms with van der Waals surface area (Å²) in [6.07, 6.45) is 2.78. The summed E-state index contributed by atoms with van der Waals surface area (Å²) in [5, 5.41) is 11.8. The van der Waals surface area contributed by atoms with Crippen LogP contribution in [0.4, 0.5) is 0 Å². The smallest absolute Gasteiger partial charge is 0.335 e. The van der Waals surface area contributed by atoms with Crippen LogP contribution in [-0.4, -0.2) is 47.7 Å². The second-order valence-corrected chi connectivity index (χ2v) is 9.01. The Bertz CT molecular complexity index is 1060. The van der Waals surface area contributed by atoms with Gasteiger partial charge in [0, 0.05) is 23.5 Å². The predicted octanol–water partition coefficient (Wildman–Crippen LogP) is 2.64. The number of carbonyl (C=O) groups is 3. The van der Waals surface area contributed by atoms with Crippen LogP contribution in [0.3, 0.4) is 0 Å². The summed E-state index contributed by atoms with van der Waals surface area (Å²) >= 11 is 0. The number of hydrogen-bond acceptors (Lipinski definition) is 6. The lowest BCUT2D eigenvalue weighted by Crippen LogP contribution is -2.47. The van der Waals surface area contributed by atoms with E-state index in [4.69, 9.17) is 10.5 Å². The zero-order chi connectivity index (χ0) is 24.8. The van der Waals surface area contributed by atoms with Crippen molar-refractivity contribution in [2.24, 2.45) is 11.7 Å². The van der Waals surface area contributed by atoms with Gasteiger partial charge in [0.2, 0.25) is 12.2 Å². The number of rotatable bonds is 11. The van der Waals surface area contributed by atoms with Gasteiger partial charge in [0.1, 0.15) is 5.75 Å². The molecular formula is C26H29N2O6. The lowest BCUT2D eigenvalue weighted by molar-refractivity contribution is -0.122. The fourth-order valence-corrected chi connectivity index (χ4v) is 3.98. The Morgan fingerprint density at radius 3 is 2.44 bits per heavy atom. The number of amides is 1. The minimum absolute atomic E-state index is 0.0891. The summed E-state index contributed by atoms with van der Waals surface area (Å²) in [7, 11) is 0. The van der Waals surface area contributed by atoms with E-state index in [0.717, 1.165) is 11.1 Å². The van der Waals surface area contributed by atoms with Gasteiger partial charge in [-0.15, -0.1) is 0 Å². The third-order valence-electron chi connectivity index (χ3n) is 5.80. The number of nitrogens with two attached hydrogens (primary N) is 1. The fourth-order valence-electron chi connectivity index (χ4n) is 3.98. The fraction of sp³-hybridized carbons (Fsp3) is 0.385. The molecule has 1 heterocycles. The zero-order valence-corrected chi connectivity index (χ0v) is 19.2. The van der Waals surface area contributed by atoms with Gasteiger partial charge < -0.3 is 20.9 Å². The third-order valence-corrected chi connectivity index (χ3v) is 5.80. The monoisotopic (exact) mass is 465 g/mol. The van der Waals surface area contributed by atoms with Gasteiger partial charge >= 0.3 is 5.97 Å². The van der Waals surface area contributed by atoms with Crippen molar-refractivity contribution in [2.75, 3.05) is 6.61 Å². The van der Waals surface area contributed by atoms with Gasteiger partial charge in [0.25, 0.3) is 0 Å². The van der Waals surface area contributed by atoms with Crippen LogP contribution >= 0.6 is 0 Å². The second-order valence-electron chi connectivity index (χ2n) is 9.01. The zero-order valence-electron chi connectivity index (χ0n) is 19.2. The van der Waals surface area contributed by atoms with E-state index in [1.807, 2.05) is 20.1 Å². The molecule has 0 aromatic heterocycles. The molecule has 2 aromatic carbocycles. The van der Waals surface area contributed by atoms with Crippen LogP contribution in [0.2, 0.25) is 0 Å². The first-order valence-electron chi connectivity index (χ1n) is 11.2. The summed E-state index contributed by atoms with van der Waals surface area (Å²) in [4.78, 5) is 47.4. The lowest BCUT2D eigenvalue weighted by atomic mass is 9.91. The topological polar surface area (TPSA) is 136 Å². The first-order valence-corrected chi connectivity index (χ1v) is 11.2. The Balaban J connectivity index is 1.58. The number of benzene rings is 2. The van der Waals surface area contributed by atoms with Crippen LogP contribution in [-0.2, 0) is 16.0 Å². The molecule has 4 N–H and O–H groups in total. The largest absolute Gasteiger partial charge is 0.493 e. The number of ketones is 1. The average Bonchev–Trinajstić information content (AvgIpc) is 3.20. The second kappa shape index (κ2) is 11.1.